The molecular formula is C13H18N6OS. The van der Waals surface area contributed by atoms with Crippen molar-refractivity contribution in [1.29, 1.82) is 0 Å². The molecule has 0 saturated heterocycles. The first kappa shape index (κ1) is 13.9. The first-order chi connectivity index (χ1) is 10.1. The van der Waals surface area contributed by atoms with Crippen LogP contribution < -0.4 is 16.4 Å². The van der Waals surface area contributed by atoms with Crippen LogP contribution in [0.5, 0.6) is 0 Å². The third-order valence-corrected chi connectivity index (χ3v) is 4.22. The second kappa shape index (κ2) is 5.72. The fourth-order valence-electron chi connectivity index (χ4n) is 1.96. The Kier molecular flexibility index (Phi) is 3.78. The van der Waals surface area contributed by atoms with E-state index in [-0.39, 0.29) is 5.91 Å². The quantitative estimate of drug-likeness (QED) is 0.740. The molecule has 0 radical (unpaired) electrons. The molecule has 1 fully saturated rings. The van der Waals surface area contributed by atoms with Crippen molar-refractivity contribution in [3.63, 3.8) is 0 Å². The summed E-state index contributed by atoms with van der Waals surface area (Å²) >= 11 is 1.31. The molecule has 3 rings (SSSR count). The van der Waals surface area contributed by atoms with Crippen LogP contribution in [0.3, 0.4) is 0 Å². The number of nitrogens with two attached hydrogens (primary N) is 1. The van der Waals surface area contributed by atoms with Gasteiger partial charge in [-0.3, -0.25) is 9.48 Å². The minimum Gasteiger partial charge on any atom is -0.382 e. The summed E-state index contributed by atoms with van der Waals surface area (Å²) in [5.74, 6) is 0.125. The van der Waals surface area contributed by atoms with Crippen molar-refractivity contribution >= 4 is 28.2 Å². The van der Waals surface area contributed by atoms with Crippen molar-refractivity contribution in [3.8, 4) is 0 Å². The van der Waals surface area contributed by atoms with Crippen molar-refractivity contribution in [3.05, 3.63) is 22.8 Å². The van der Waals surface area contributed by atoms with Crippen molar-refractivity contribution in [2.45, 2.75) is 25.3 Å². The van der Waals surface area contributed by atoms with Crippen molar-refractivity contribution in [2.24, 2.45) is 7.05 Å². The van der Waals surface area contributed by atoms with E-state index in [9.17, 15) is 4.79 Å². The number of hydrogen-bond acceptors (Lipinski definition) is 6. The van der Waals surface area contributed by atoms with E-state index in [1.165, 1.54) is 11.3 Å². The number of hydrogen-bond donors (Lipinski definition) is 3. The highest BCUT2D eigenvalue weighted by Crippen LogP contribution is 2.30. The summed E-state index contributed by atoms with van der Waals surface area (Å²) in [4.78, 5) is 16.8. The minimum atomic E-state index is -0.169. The maximum Gasteiger partial charge on any atom is 0.265 e. The topological polar surface area (TPSA) is 97.9 Å². The molecule has 0 spiro atoms. The van der Waals surface area contributed by atoms with E-state index in [0.29, 0.717) is 23.3 Å². The van der Waals surface area contributed by atoms with Gasteiger partial charge in [0.25, 0.3) is 5.91 Å². The molecule has 1 aliphatic rings. The summed E-state index contributed by atoms with van der Waals surface area (Å²) in [6, 6.07) is 0.497. The standard InChI is InChI=1S/C13H18N6OS/c1-19-7-8(6-16-19)4-5-15-12(20)10-11(14)18-13(21-10)17-9-2-3-9/h6-7,9H,2-5,14H2,1H3,(H,15,20)(H,17,18). The van der Waals surface area contributed by atoms with Crippen LogP contribution in [0.4, 0.5) is 10.9 Å². The molecular weight excluding hydrogens is 288 g/mol. The largest absolute Gasteiger partial charge is 0.382 e. The number of nitrogens with one attached hydrogen (secondary N) is 2. The van der Waals surface area contributed by atoms with E-state index in [1.807, 2.05) is 13.2 Å². The van der Waals surface area contributed by atoms with Crippen LogP contribution in [0.25, 0.3) is 0 Å². The summed E-state index contributed by atoms with van der Waals surface area (Å²) in [5.41, 5.74) is 6.90. The van der Waals surface area contributed by atoms with Gasteiger partial charge in [0.05, 0.1) is 6.20 Å². The first-order valence-corrected chi connectivity index (χ1v) is 7.72. The molecule has 0 atom stereocenters. The molecule has 1 aliphatic carbocycles. The van der Waals surface area contributed by atoms with Crippen LogP contribution >= 0.6 is 11.3 Å². The highest BCUT2D eigenvalue weighted by Gasteiger charge is 2.24. The number of nitrogen functional groups attached to an aromatic ring is 1. The number of amides is 1. The molecule has 1 amide bonds. The van der Waals surface area contributed by atoms with Crippen LogP contribution in [-0.2, 0) is 13.5 Å². The van der Waals surface area contributed by atoms with E-state index >= 15 is 0 Å². The second-order valence-electron chi connectivity index (χ2n) is 5.18. The molecule has 21 heavy (non-hydrogen) atoms. The SMILES string of the molecule is Cn1cc(CCNC(=O)c2sc(NC3CC3)nc2N)cn1. The molecule has 0 aromatic carbocycles. The Bertz CT molecular complexity index is 645. The number of aryl methyl sites for hydroxylation is 1. The van der Waals surface area contributed by atoms with Crippen LogP contribution in [0.2, 0.25) is 0 Å². The van der Waals surface area contributed by atoms with Gasteiger partial charge >= 0.3 is 0 Å². The molecule has 2 heterocycles. The van der Waals surface area contributed by atoms with Crippen LogP contribution in [0, 0.1) is 0 Å². The summed E-state index contributed by atoms with van der Waals surface area (Å²) in [7, 11) is 1.87. The lowest BCUT2D eigenvalue weighted by molar-refractivity contribution is 0.0959. The summed E-state index contributed by atoms with van der Waals surface area (Å²) in [6.45, 7) is 0.549. The van der Waals surface area contributed by atoms with Gasteiger partial charge in [0.1, 0.15) is 10.7 Å². The molecule has 1 saturated carbocycles. The zero-order valence-electron chi connectivity index (χ0n) is 11.8. The fourth-order valence-corrected chi connectivity index (χ4v) is 2.84. The molecule has 2 aromatic rings. The van der Waals surface area contributed by atoms with Gasteiger partial charge in [0, 0.05) is 25.8 Å². The molecule has 4 N–H and O–H groups in total. The van der Waals surface area contributed by atoms with Crippen LogP contribution in [-0.4, -0.2) is 33.3 Å². The van der Waals surface area contributed by atoms with E-state index in [1.54, 1.807) is 10.9 Å². The Morgan fingerprint density at radius 2 is 2.38 bits per heavy atom. The van der Waals surface area contributed by atoms with Gasteiger partial charge in [0.2, 0.25) is 0 Å². The Morgan fingerprint density at radius 3 is 3.05 bits per heavy atom. The van der Waals surface area contributed by atoms with Gasteiger partial charge in [-0.15, -0.1) is 0 Å². The summed E-state index contributed by atoms with van der Waals surface area (Å²) in [5, 5.41) is 10.9. The van der Waals surface area contributed by atoms with E-state index in [4.69, 9.17) is 5.73 Å². The number of aromatic nitrogens is 3. The Labute approximate surface area is 126 Å². The number of anilines is 2. The Morgan fingerprint density at radius 1 is 1.57 bits per heavy atom. The normalized spacial score (nSPS) is 14.1. The lowest BCUT2D eigenvalue weighted by Gasteiger charge is -2.02. The average molecular weight is 306 g/mol. The predicted octanol–water partition coefficient (Wildman–Crippen LogP) is 1.01. The maximum absolute atomic E-state index is 12.1. The number of carbonyl (C=O) groups is 1. The summed E-state index contributed by atoms with van der Waals surface area (Å²) < 4.78 is 1.74. The molecule has 0 bridgehead atoms. The molecule has 7 nitrogen and oxygen atoms in total. The van der Waals surface area contributed by atoms with Crippen LogP contribution in [0.15, 0.2) is 12.4 Å². The lowest BCUT2D eigenvalue weighted by atomic mass is 10.2. The molecule has 8 heteroatoms. The van der Waals surface area contributed by atoms with Gasteiger partial charge in [-0.25, -0.2) is 4.98 Å². The third kappa shape index (κ3) is 3.52. The number of rotatable bonds is 6. The Balaban J connectivity index is 1.53. The number of carbonyl (C=O) groups excluding carboxylic acids is 1. The van der Waals surface area contributed by atoms with E-state index < -0.39 is 0 Å². The minimum absolute atomic E-state index is 0.169. The smallest absolute Gasteiger partial charge is 0.265 e. The maximum atomic E-state index is 12.1. The van der Waals surface area contributed by atoms with Gasteiger partial charge in [0.15, 0.2) is 5.13 Å². The van der Waals surface area contributed by atoms with Crippen molar-refractivity contribution < 1.29 is 4.79 Å². The molecule has 0 unspecified atom stereocenters. The molecule has 0 aliphatic heterocycles. The third-order valence-electron chi connectivity index (χ3n) is 3.22. The predicted molar refractivity (Wildman–Crippen MR) is 82.4 cm³/mol. The van der Waals surface area contributed by atoms with Crippen molar-refractivity contribution in [2.75, 3.05) is 17.6 Å². The first-order valence-electron chi connectivity index (χ1n) is 6.90. The monoisotopic (exact) mass is 306 g/mol. The van der Waals surface area contributed by atoms with E-state index in [2.05, 4.69) is 20.7 Å². The Hall–Kier alpha value is -2.09. The van der Waals surface area contributed by atoms with Gasteiger partial charge in [-0.2, -0.15) is 5.10 Å². The fraction of sp³-hybridized carbons (Fsp3) is 0.462. The average Bonchev–Trinajstić information content (AvgIpc) is 3.03. The van der Waals surface area contributed by atoms with Crippen molar-refractivity contribution in [1.82, 2.24) is 20.1 Å². The highest BCUT2D eigenvalue weighted by atomic mass is 32.1. The van der Waals surface area contributed by atoms with Gasteiger partial charge in [-0.1, -0.05) is 11.3 Å². The number of thiazole rings is 1. The number of nitrogens with zero attached hydrogens (tertiary/aromatic N) is 3. The lowest BCUT2D eigenvalue weighted by Crippen LogP contribution is -2.25. The van der Waals surface area contributed by atoms with Crippen LogP contribution in [0.1, 0.15) is 28.1 Å². The zero-order valence-corrected chi connectivity index (χ0v) is 12.6. The van der Waals surface area contributed by atoms with Gasteiger partial charge < -0.3 is 16.4 Å². The zero-order chi connectivity index (χ0) is 14.8. The van der Waals surface area contributed by atoms with E-state index in [0.717, 1.165) is 30.0 Å². The van der Waals surface area contributed by atoms with Gasteiger partial charge in [-0.05, 0) is 24.8 Å². The highest BCUT2D eigenvalue weighted by molar-refractivity contribution is 7.18. The summed E-state index contributed by atoms with van der Waals surface area (Å²) in [6.07, 6.45) is 6.79. The molecule has 2 aromatic heterocycles. The molecule has 112 valence electrons. The second-order valence-corrected chi connectivity index (χ2v) is 6.18.